The van der Waals surface area contributed by atoms with E-state index in [2.05, 4.69) is 4.98 Å². The summed E-state index contributed by atoms with van der Waals surface area (Å²) in [6.07, 6.45) is -3.84. The van der Waals surface area contributed by atoms with E-state index in [4.69, 9.17) is 9.47 Å². The Hall–Kier alpha value is -3.17. The summed E-state index contributed by atoms with van der Waals surface area (Å²) in [5, 5.41) is 0. The Morgan fingerprint density at radius 3 is 2.40 bits per heavy atom. The van der Waals surface area contributed by atoms with Crippen molar-refractivity contribution < 1.29 is 31.4 Å². The van der Waals surface area contributed by atoms with Crippen molar-refractivity contribution in [3.63, 3.8) is 0 Å². The van der Waals surface area contributed by atoms with E-state index in [0.29, 0.717) is 0 Å². The van der Waals surface area contributed by atoms with E-state index in [1.807, 2.05) is 0 Å². The first-order valence-corrected chi connectivity index (χ1v) is 8.89. The smallest absolute Gasteiger partial charge is 0.434 e. The van der Waals surface area contributed by atoms with Crippen molar-refractivity contribution in [2.75, 3.05) is 13.7 Å². The molecule has 2 aromatic heterocycles. The Bertz CT molecular complexity index is 1160. The Balaban J connectivity index is 1.73. The molecule has 1 aliphatic carbocycles. The lowest BCUT2D eigenvalue weighted by Gasteiger charge is -2.14. The van der Waals surface area contributed by atoms with E-state index in [1.54, 1.807) is 0 Å². The molecule has 2 heterocycles. The molecule has 1 fully saturated rings. The number of nitrogens with zero attached hydrogens (tertiary/aromatic N) is 2. The van der Waals surface area contributed by atoms with Crippen LogP contribution in [0, 0.1) is 5.92 Å². The third-order valence-electron chi connectivity index (χ3n) is 4.86. The molecule has 1 aromatic carbocycles. The Labute approximate surface area is 166 Å². The molecular formula is C20H15F5N2O3. The molecular weight excluding hydrogens is 411 g/mol. The summed E-state index contributed by atoms with van der Waals surface area (Å²) in [6.45, 7) is -0.192. The van der Waals surface area contributed by atoms with Crippen LogP contribution in [0.3, 0.4) is 0 Å². The molecule has 0 saturated heterocycles. The van der Waals surface area contributed by atoms with Gasteiger partial charge >= 0.3 is 6.18 Å². The minimum atomic E-state index is -4.88. The summed E-state index contributed by atoms with van der Waals surface area (Å²) < 4.78 is 78.0. The highest BCUT2D eigenvalue weighted by atomic mass is 19.4. The summed E-state index contributed by atoms with van der Waals surface area (Å²) in [6, 6.07) is 7.85. The third-order valence-corrected chi connectivity index (χ3v) is 4.86. The zero-order chi connectivity index (χ0) is 21.7. The van der Waals surface area contributed by atoms with Gasteiger partial charge in [0.1, 0.15) is 17.1 Å². The second kappa shape index (κ2) is 6.96. The van der Waals surface area contributed by atoms with Gasteiger partial charge in [0.2, 0.25) is 0 Å². The van der Waals surface area contributed by atoms with Crippen LogP contribution in [0.2, 0.25) is 0 Å². The highest BCUT2D eigenvalue weighted by Crippen LogP contribution is 2.48. The van der Waals surface area contributed by atoms with Crippen molar-refractivity contribution in [1.82, 2.24) is 9.38 Å². The number of aromatic nitrogens is 2. The number of hydrogen-bond donors (Lipinski definition) is 0. The first kappa shape index (κ1) is 20.1. The van der Waals surface area contributed by atoms with Crippen molar-refractivity contribution in [2.24, 2.45) is 5.92 Å². The minimum absolute atomic E-state index is 0.0193. The van der Waals surface area contributed by atoms with Crippen molar-refractivity contribution in [3.05, 3.63) is 58.6 Å². The fourth-order valence-corrected chi connectivity index (χ4v) is 3.08. The maximum atomic E-state index is 13.7. The number of hydrogen-bond acceptors (Lipinski definition) is 4. The molecule has 4 rings (SSSR count). The monoisotopic (exact) mass is 426 g/mol. The zero-order valence-corrected chi connectivity index (χ0v) is 15.5. The van der Waals surface area contributed by atoms with Crippen molar-refractivity contribution in [2.45, 2.75) is 18.5 Å². The molecule has 0 unspecified atom stereocenters. The second-order valence-electron chi connectivity index (χ2n) is 6.93. The van der Waals surface area contributed by atoms with Gasteiger partial charge in [-0.3, -0.25) is 9.20 Å². The van der Waals surface area contributed by atoms with Gasteiger partial charge < -0.3 is 9.47 Å². The standard InChI is InChI=1S/C20H15F5N2O3/c1-29-14-6-7-27-15(8-14)26-17(20(23,24)25)16(18(27)28)11-2-4-13(5-3-11)30-10-12-9-19(12,21)22/h2-8,12H,9-10H2,1H3/t12-/m1/s1. The van der Waals surface area contributed by atoms with Gasteiger partial charge in [0.15, 0.2) is 5.69 Å². The molecule has 0 N–H and O–H groups in total. The summed E-state index contributed by atoms with van der Waals surface area (Å²) in [4.78, 5) is 16.5. The first-order valence-electron chi connectivity index (χ1n) is 8.89. The van der Waals surface area contributed by atoms with Gasteiger partial charge in [-0.1, -0.05) is 12.1 Å². The van der Waals surface area contributed by atoms with E-state index >= 15 is 0 Å². The minimum Gasteiger partial charge on any atom is -0.497 e. The maximum absolute atomic E-state index is 13.7. The van der Waals surface area contributed by atoms with E-state index < -0.39 is 34.8 Å². The van der Waals surface area contributed by atoms with Crippen molar-refractivity contribution >= 4 is 5.65 Å². The zero-order valence-electron chi connectivity index (χ0n) is 15.5. The molecule has 5 nitrogen and oxygen atoms in total. The average molecular weight is 426 g/mol. The van der Waals surface area contributed by atoms with E-state index in [9.17, 15) is 26.7 Å². The number of methoxy groups -OCH3 is 1. The second-order valence-corrected chi connectivity index (χ2v) is 6.93. The van der Waals surface area contributed by atoms with Crippen LogP contribution in [0.5, 0.6) is 11.5 Å². The molecule has 10 heteroatoms. The van der Waals surface area contributed by atoms with Gasteiger partial charge in [0.05, 0.1) is 25.2 Å². The van der Waals surface area contributed by atoms with Gasteiger partial charge in [0, 0.05) is 18.7 Å². The molecule has 1 atom stereocenters. The molecule has 158 valence electrons. The molecule has 30 heavy (non-hydrogen) atoms. The van der Waals surface area contributed by atoms with Crippen LogP contribution in [0.4, 0.5) is 22.0 Å². The van der Waals surface area contributed by atoms with E-state index in [1.165, 1.54) is 49.7 Å². The largest absolute Gasteiger partial charge is 0.497 e. The SMILES string of the molecule is COc1ccn2c(=O)c(-c3ccc(OC[C@H]4CC4(F)F)cc3)c(C(F)(F)F)nc2c1. The average Bonchev–Trinajstić information content (AvgIpc) is 3.32. The Kier molecular flexibility index (Phi) is 4.67. The summed E-state index contributed by atoms with van der Waals surface area (Å²) in [7, 11) is 1.34. The summed E-state index contributed by atoms with van der Waals surface area (Å²) in [5.41, 5.74) is -3.08. The van der Waals surface area contributed by atoms with Gasteiger partial charge in [-0.05, 0) is 23.8 Å². The van der Waals surface area contributed by atoms with Crippen LogP contribution >= 0.6 is 0 Å². The number of rotatable bonds is 5. The Morgan fingerprint density at radius 1 is 1.17 bits per heavy atom. The molecule has 0 spiro atoms. The van der Waals surface area contributed by atoms with Gasteiger partial charge in [0.25, 0.3) is 11.5 Å². The third kappa shape index (κ3) is 3.69. The molecule has 0 radical (unpaired) electrons. The topological polar surface area (TPSA) is 52.8 Å². The highest BCUT2D eigenvalue weighted by molar-refractivity contribution is 5.68. The molecule has 1 saturated carbocycles. The maximum Gasteiger partial charge on any atom is 0.434 e. The van der Waals surface area contributed by atoms with Crippen LogP contribution in [0.15, 0.2) is 47.4 Å². The van der Waals surface area contributed by atoms with Crippen LogP contribution in [0.25, 0.3) is 16.8 Å². The van der Waals surface area contributed by atoms with Crippen molar-refractivity contribution in [3.8, 4) is 22.6 Å². The molecule has 0 aliphatic heterocycles. The number of fused-ring (bicyclic) bond motifs is 1. The normalized spacial score (nSPS) is 17.7. The van der Waals surface area contributed by atoms with E-state index in [-0.39, 0.29) is 35.7 Å². The molecule has 3 aromatic rings. The Morgan fingerprint density at radius 2 is 1.83 bits per heavy atom. The van der Waals surface area contributed by atoms with Gasteiger partial charge in [-0.25, -0.2) is 13.8 Å². The van der Waals surface area contributed by atoms with Gasteiger partial charge in [-0.2, -0.15) is 13.2 Å². The van der Waals surface area contributed by atoms with Gasteiger partial charge in [-0.15, -0.1) is 0 Å². The fourth-order valence-electron chi connectivity index (χ4n) is 3.08. The molecule has 0 bridgehead atoms. The fraction of sp³-hybridized carbons (Fsp3) is 0.300. The number of halogens is 5. The van der Waals surface area contributed by atoms with E-state index in [0.717, 1.165) is 4.40 Å². The van der Waals surface area contributed by atoms with Crippen molar-refractivity contribution in [1.29, 1.82) is 0 Å². The highest BCUT2D eigenvalue weighted by Gasteiger charge is 2.57. The van der Waals surface area contributed by atoms with Crippen LogP contribution in [0.1, 0.15) is 12.1 Å². The lowest BCUT2D eigenvalue weighted by Crippen LogP contribution is -2.24. The van der Waals surface area contributed by atoms with Crippen LogP contribution in [-0.4, -0.2) is 29.0 Å². The summed E-state index contributed by atoms with van der Waals surface area (Å²) >= 11 is 0. The lowest BCUT2D eigenvalue weighted by molar-refractivity contribution is -0.140. The summed E-state index contributed by atoms with van der Waals surface area (Å²) in [5.74, 6) is -3.12. The number of alkyl halides is 5. The molecule has 0 amide bonds. The number of benzene rings is 1. The lowest BCUT2D eigenvalue weighted by atomic mass is 10.0. The predicted octanol–water partition coefficient (Wildman–Crippen LogP) is 4.42. The number of pyridine rings is 1. The van der Waals surface area contributed by atoms with Crippen LogP contribution < -0.4 is 15.0 Å². The number of ether oxygens (including phenoxy) is 2. The quantitative estimate of drug-likeness (QED) is 0.567. The first-order chi connectivity index (χ1) is 14.1. The molecule has 1 aliphatic rings. The predicted molar refractivity (Wildman–Crippen MR) is 97.0 cm³/mol. The van der Waals surface area contributed by atoms with Crippen LogP contribution in [-0.2, 0) is 6.18 Å².